The highest BCUT2D eigenvalue weighted by Gasteiger charge is 2.11. The van der Waals surface area contributed by atoms with E-state index in [0.29, 0.717) is 0 Å². The quantitative estimate of drug-likeness (QED) is 0.714. The van der Waals surface area contributed by atoms with E-state index in [-0.39, 0.29) is 15.3 Å². The van der Waals surface area contributed by atoms with Crippen LogP contribution in [0.15, 0.2) is 34.8 Å². The third-order valence-corrected chi connectivity index (χ3v) is 3.84. The number of hydrogen-bond donors (Lipinski definition) is 2. The molecule has 2 rings (SSSR count). The van der Waals surface area contributed by atoms with E-state index in [0.717, 1.165) is 17.3 Å². The molecule has 0 amide bonds. The van der Waals surface area contributed by atoms with Gasteiger partial charge in [0.2, 0.25) is 0 Å². The van der Waals surface area contributed by atoms with Crippen LogP contribution in [-0.4, -0.2) is 5.11 Å². The van der Waals surface area contributed by atoms with Crippen molar-refractivity contribution < 1.29 is 8.78 Å². The lowest BCUT2D eigenvalue weighted by Gasteiger charge is -2.13. The molecule has 0 unspecified atom stereocenters. The van der Waals surface area contributed by atoms with Gasteiger partial charge in [0.1, 0.15) is 5.82 Å². The van der Waals surface area contributed by atoms with Crippen LogP contribution in [0.4, 0.5) is 20.2 Å². The first kappa shape index (κ1) is 15.9. The molecule has 0 spiro atoms. The zero-order chi connectivity index (χ0) is 15.6. The number of benzene rings is 2. The molecule has 6 heteroatoms. The van der Waals surface area contributed by atoms with E-state index in [1.807, 2.05) is 32.0 Å². The van der Waals surface area contributed by atoms with Crippen molar-refractivity contribution >= 4 is 44.6 Å². The van der Waals surface area contributed by atoms with Gasteiger partial charge in [0.15, 0.2) is 10.9 Å². The molecule has 21 heavy (non-hydrogen) atoms. The molecule has 0 aromatic heterocycles. The van der Waals surface area contributed by atoms with Gasteiger partial charge in [0.25, 0.3) is 0 Å². The fraction of sp³-hybridized carbons (Fsp3) is 0.133. The molecule has 0 heterocycles. The van der Waals surface area contributed by atoms with Gasteiger partial charge in [-0.2, -0.15) is 0 Å². The zero-order valence-corrected chi connectivity index (χ0v) is 13.8. The fourth-order valence-electron chi connectivity index (χ4n) is 1.76. The molecule has 2 aromatic rings. The normalized spacial score (nSPS) is 10.3. The van der Waals surface area contributed by atoms with E-state index < -0.39 is 11.6 Å². The minimum atomic E-state index is -0.717. The molecule has 0 atom stereocenters. The van der Waals surface area contributed by atoms with E-state index in [1.165, 1.54) is 11.6 Å². The van der Waals surface area contributed by atoms with Crippen molar-refractivity contribution in [1.82, 2.24) is 0 Å². The molecule has 0 aliphatic carbocycles. The molecule has 2 N–H and O–H groups in total. The van der Waals surface area contributed by atoms with Gasteiger partial charge in [-0.3, -0.25) is 0 Å². The van der Waals surface area contributed by atoms with Gasteiger partial charge in [-0.25, -0.2) is 8.78 Å². The molecule has 110 valence electrons. The van der Waals surface area contributed by atoms with Crippen molar-refractivity contribution in [1.29, 1.82) is 0 Å². The maximum Gasteiger partial charge on any atom is 0.175 e. The van der Waals surface area contributed by atoms with Gasteiger partial charge < -0.3 is 10.6 Å². The summed E-state index contributed by atoms with van der Waals surface area (Å²) in [6.45, 7) is 4.01. The third kappa shape index (κ3) is 3.98. The van der Waals surface area contributed by atoms with Crippen LogP contribution in [0.5, 0.6) is 0 Å². The van der Waals surface area contributed by atoms with Gasteiger partial charge >= 0.3 is 0 Å². The largest absolute Gasteiger partial charge is 0.332 e. The molecule has 2 aromatic carbocycles. The van der Waals surface area contributed by atoms with Crippen LogP contribution in [0.1, 0.15) is 11.1 Å². The molecule has 0 aliphatic rings. The van der Waals surface area contributed by atoms with Gasteiger partial charge in [0.05, 0.1) is 5.69 Å². The van der Waals surface area contributed by atoms with E-state index in [9.17, 15) is 8.78 Å². The van der Waals surface area contributed by atoms with Crippen molar-refractivity contribution in [2.75, 3.05) is 10.6 Å². The summed E-state index contributed by atoms with van der Waals surface area (Å²) in [6.07, 6.45) is 0. The number of aryl methyl sites for hydroxylation is 2. The summed E-state index contributed by atoms with van der Waals surface area (Å²) in [5.41, 5.74) is 3.19. The van der Waals surface area contributed by atoms with E-state index in [4.69, 9.17) is 12.2 Å². The van der Waals surface area contributed by atoms with Crippen LogP contribution in [0.2, 0.25) is 0 Å². The summed E-state index contributed by atoms with van der Waals surface area (Å²) in [7, 11) is 0. The molecular weight excluding hydrogens is 358 g/mol. The Kier molecular flexibility index (Phi) is 4.90. The molecule has 0 aliphatic heterocycles. The fourth-order valence-corrected chi connectivity index (χ4v) is 2.48. The number of thiocarbonyl (C=S) groups is 1. The van der Waals surface area contributed by atoms with Crippen LogP contribution in [0, 0.1) is 25.5 Å². The summed E-state index contributed by atoms with van der Waals surface area (Å²) >= 11 is 8.25. The summed E-state index contributed by atoms with van der Waals surface area (Å²) in [5.74, 6) is -1.37. The van der Waals surface area contributed by atoms with Crippen LogP contribution in [-0.2, 0) is 0 Å². The first-order valence-corrected chi connectivity index (χ1v) is 7.37. The van der Waals surface area contributed by atoms with Crippen LogP contribution < -0.4 is 10.6 Å². The molecule has 0 radical (unpaired) electrons. The first-order chi connectivity index (χ1) is 9.86. The summed E-state index contributed by atoms with van der Waals surface area (Å²) in [5, 5.41) is 5.91. The Morgan fingerprint density at radius 2 is 1.76 bits per heavy atom. The van der Waals surface area contributed by atoms with E-state index in [2.05, 4.69) is 26.6 Å². The Bertz CT molecular complexity index is 681. The van der Waals surface area contributed by atoms with Crippen molar-refractivity contribution in [3.05, 3.63) is 57.6 Å². The Hall–Kier alpha value is -1.53. The minimum absolute atomic E-state index is 0.0951. The SMILES string of the molecule is Cc1ccc(NC(=S)Nc2c(F)cc(F)cc2Br)cc1C. The van der Waals surface area contributed by atoms with Crippen LogP contribution in [0.25, 0.3) is 0 Å². The van der Waals surface area contributed by atoms with Crippen molar-refractivity contribution in [2.45, 2.75) is 13.8 Å². The van der Waals surface area contributed by atoms with E-state index in [1.54, 1.807) is 0 Å². The maximum atomic E-state index is 13.7. The first-order valence-electron chi connectivity index (χ1n) is 6.16. The number of nitrogens with one attached hydrogen (secondary N) is 2. The molecular formula is C15H13BrF2N2S. The zero-order valence-electron chi connectivity index (χ0n) is 11.4. The Labute approximate surface area is 135 Å². The Morgan fingerprint density at radius 1 is 1.05 bits per heavy atom. The second kappa shape index (κ2) is 6.49. The highest BCUT2D eigenvalue weighted by Crippen LogP contribution is 2.27. The average Bonchev–Trinajstić information content (AvgIpc) is 2.38. The second-order valence-electron chi connectivity index (χ2n) is 4.62. The Morgan fingerprint density at radius 3 is 2.38 bits per heavy atom. The topological polar surface area (TPSA) is 24.1 Å². The monoisotopic (exact) mass is 370 g/mol. The lowest BCUT2D eigenvalue weighted by molar-refractivity contribution is 0.585. The van der Waals surface area contributed by atoms with Gasteiger partial charge in [-0.15, -0.1) is 0 Å². The molecule has 0 fully saturated rings. The predicted octanol–water partition coefficient (Wildman–Crippen LogP) is 5.15. The van der Waals surface area contributed by atoms with Crippen LogP contribution >= 0.6 is 28.1 Å². The Balaban J connectivity index is 2.13. The van der Waals surface area contributed by atoms with Crippen molar-refractivity contribution in [3.63, 3.8) is 0 Å². The molecule has 0 saturated carbocycles. The highest BCUT2D eigenvalue weighted by molar-refractivity contribution is 9.10. The second-order valence-corrected chi connectivity index (χ2v) is 5.89. The number of halogens is 3. The number of anilines is 2. The van der Waals surface area contributed by atoms with E-state index >= 15 is 0 Å². The van der Waals surface area contributed by atoms with Crippen molar-refractivity contribution in [3.8, 4) is 0 Å². The lowest BCUT2D eigenvalue weighted by Crippen LogP contribution is -2.20. The number of rotatable bonds is 2. The van der Waals surface area contributed by atoms with Gasteiger partial charge in [-0.05, 0) is 71.3 Å². The average molecular weight is 371 g/mol. The van der Waals surface area contributed by atoms with Gasteiger partial charge in [-0.1, -0.05) is 6.07 Å². The van der Waals surface area contributed by atoms with Gasteiger partial charge in [0, 0.05) is 16.2 Å². The summed E-state index contributed by atoms with van der Waals surface area (Å²) < 4.78 is 27.0. The third-order valence-electron chi connectivity index (χ3n) is 3.01. The molecule has 0 bridgehead atoms. The van der Waals surface area contributed by atoms with Crippen LogP contribution in [0.3, 0.4) is 0 Å². The van der Waals surface area contributed by atoms with Crippen molar-refractivity contribution in [2.24, 2.45) is 0 Å². The summed E-state index contributed by atoms with van der Waals surface area (Å²) in [6, 6.07) is 7.76. The lowest BCUT2D eigenvalue weighted by atomic mass is 10.1. The molecule has 0 saturated heterocycles. The minimum Gasteiger partial charge on any atom is -0.332 e. The summed E-state index contributed by atoms with van der Waals surface area (Å²) in [4.78, 5) is 0. The maximum absolute atomic E-state index is 13.7. The molecule has 2 nitrogen and oxygen atoms in total. The number of hydrogen-bond acceptors (Lipinski definition) is 1. The highest BCUT2D eigenvalue weighted by atomic mass is 79.9. The smallest absolute Gasteiger partial charge is 0.175 e. The predicted molar refractivity (Wildman–Crippen MR) is 89.8 cm³/mol. The standard InChI is InChI=1S/C15H13BrF2N2S/c1-8-3-4-11(5-9(8)2)19-15(21)20-14-12(16)6-10(17)7-13(14)18/h3-7H,1-2H3,(H2,19,20,21).